The molecule has 1 rings (SSSR count). The van der Waals surface area contributed by atoms with E-state index in [1.807, 2.05) is 0 Å². The van der Waals surface area contributed by atoms with E-state index in [0.717, 1.165) is 0 Å². The molecule has 2 nitrogen and oxygen atoms in total. The molecule has 0 amide bonds. The molecule has 1 aliphatic rings. The molecule has 10 heavy (non-hydrogen) atoms. The molecule has 1 aliphatic carbocycles. The Morgan fingerprint density at radius 3 is 2.40 bits per heavy atom. The van der Waals surface area contributed by atoms with Gasteiger partial charge in [-0.1, -0.05) is 0 Å². The zero-order valence-electron chi connectivity index (χ0n) is 5.63. The predicted molar refractivity (Wildman–Crippen MR) is 32.3 cm³/mol. The topological polar surface area (TPSA) is 23.5 Å². The van der Waals surface area contributed by atoms with Crippen molar-refractivity contribution in [3.05, 3.63) is 0 Å². The fourth-order valence-electron chi connectivity index (χ4n) is 1.32. The third-order valence-corrected chi connectivity index (χ3v) is 1.89. The van der Waals surface area contributed by atoms with E-state index in [9.17, 15) is 8.96 Å². The van der Waals surface area contributed by atoms with Gasteiger partial charge >= 0.3 is 0 Å². The summed E-state index contributed by atoms with van der Waals surface area (Å²) in [6.45, 7) is 0. The Balaban J connectivity index is 2.32. The summed E-state index contributed by atoms with van der Waals surface area (Å²) in [7, 11) is 0. The van der Waals surface area contributed by atoms with Gasteiger partial charge in [-0.2, -0.15) is 0 Å². The van der Waals surface area contributed by atoms with Crippen molar-refractivity contribution in [3.63, 3.8) is 0 Å². The third-order valence-electron chi connectivity index (χ3n) is 1.89. The van der Waals surface area contributed by atoms with Crippen LogP contribution in [0.1, 0.15) is 25.7 Å². The van der Waals surface area contributed by atoms with Gasteiger partial charge in [-0.05, 0) is 25.7 Å². The molecule has 2 unspecified atom stereocenters. The lowest BCUT2D eigenvalue weighted by Crippen LogP contribution is -2.30. The van der Waals surface area contributed by atoms with Crippen molar-refractivity contribution in [2.75, 3.05) is 0 Å². The van der Waals surface area contributed by atoms with Gasteiger partial charge in [0.2, 0.25) is 0 Å². The van der Waals surface area contributed by atoms with Gasteiger partial charge in [0, 0.05) is 5.34 Å². The van der Waals surface area contributed by atoms with Crippen molar-refractivity contribution in [1.29, 1.82) is 0 Å². The minimum atomic E-state index is -0.789. The fraction of sp³-hybridized carbons (Fsp3) is 1.00. The van der Waals surface area contributed by atoms with Gasteiger partial charge in [-0.3, -0.25) is 0 Å². The van der Waals surface area contributed by atoms with Crippen molar-refractivity contribution in [2.45, 2.75) is 37.8 Å². The summed E-state index contributed by atoms with van der Waals surface area (Å²) < 4.78 is 23.6. The summed E-state index contributed by atoms with van der Waals surface area (Å²) >= 11 is 0. The van der Waals surface area contributed by atoms with Crippen molar-refractivity contribution in [2.24, 2.45) is 0 Å². The Bertz CT molecular complexity index is 110. The Morgan fingerprint density at radius 2 is 2.00 bits per heavy atom. The highest BCUT2D eigenvalue weighted by molar-refractivity contribution is 4.73. The molecule has 0 bridgehead atoms. The van der Waals surface area contributed by atoms with Gasteiger partial charge in [0.05, 0.1) is 12.1 Å². The monoisotopic (exact) mass is 151 g/mol. The first kappa shape index (κ1) is 7.88. The predicted octanol–water partition coefficient (Wildman–Crippen LogP) is 1.36. The first-order chi connectivity index (χ1) is 4.70. The summed E-state index contributed by atoms with van der Waals surface area (Å²) in [6.07, 6.45) is 1.57. The lowest BCUT2D eigenvalue weighted by atomic mass is 9.94. The minimum Gasteiger partial charge on any atom is -0.393 e. The van der Waals surface area contributed by atoms with E-state index < -0.39 is 17.5 Å². The number of hydrogen-bond acceptors (Lipinski definition) is 2. The van der Waals surface area contributed by atoms with Crippen LogP contribution in [0.25, 0.3) is 0 Å². The van der Waals surface area contributed by atoms with E-state index in [2.05, 4.69) is 0 Å². The molecule has 1 N–H and O–H groups in total. The fourth-order valence-corrected chi connectivity index (χ4v) is 1.32. The zero-order valence-corrected chi connectivity index (χ0v) is 5.63. The van der Waals surface area contributed by atoms with Crippen LogP contribution < -0.4 is 0 Å². The number of hydrogen-bond donors (Lipinski definition) is 1. The van der Waals surface area contributed by atoms with E-state index in [1.54, 1.807) is 0 Å². The van der Waals surface area contributed by atoms with Crippen LogP contribution in [-0.2, 0) is 0 Å². The molecule has 0 saturated heterocycles. The van der Waals surface area contributed by atoms with Crippen LogP contribution in [0, 0.1) is 0 Å². The molecule has 0 aromatic rings. The van der Waals surface area contributed by atoms with Gasteiger partial charge in [0.1, 0.15) is 0 Å². The maximum absolute atomic E-state index is 11.8. The summed E-state index contributed by atoms with van der Waals surface area (Å²) in [5.41, 5.74) is 0. The van der Waals surface area contributed by atoms with E-state index in [4.69, 9.17) is 5.11 Å². The molecule has 0 aromatic carbocycles. The van der Waals surface area contributed by atoms with Crippen molar-refractivity contribution < 1.29 is 14.1 Å². The largest absolute Gasteiger partial charge is 0.393 e. The number of rotatable bonds is 1. The molecule has 0 aliphatic heterocycles. The van der Waals surface area contributed by atoms with E-state index in [-0.39, 0.29) is 6.42 Å². The van der Waals surface area contributed by atoms with Gasteiger partial charge < -0.3 is 5.11 Å². The van der Waals surface area contributed by atoms with Crippen LogP contribution in [0.3, 0.4) is 0 Å². The Labute approximate surface area is 58.3 Å². The highest BCUT2D eigenvalue weighted by Gasteiger charge is 2.25. The Hall–Kier alpha value is -0.220. The molecule has 0 spiro atoms. The van der Waals surface area contributed by atoms with E-state index >= 15 is 0 Å². The van der Waals surface area contributed by atoms with Gasteiger partial charge in [-0.25, -0.2) is 0 Å². The van der Waals surface area contributed by atoms with E-state index in [0.29, 0.717) is 19.3 Å². The average molecular weight is 151 g/mol. The normalized spacial score (nSPS) is 34.8. The van der Waals surface area contributed by atoms with Crippen LogP contribution in [0.4, 0.5) is 8.96 Å². The Morgan fingerprint density at radius 1 is 1.30 bits per heavy atom. The van der Waals surface area contributed by atoms with Crippen molar-refractivity contribution in [1.82, 2.24) is 5.34 Å². The zero-order chi connectivity index (χ0) is 7.56. The molecule has 4 heteroatoms. The van der Waals surface area contributed by atoms with Crippen molar-refractivity contribution in [3.8, 4) is 0 Å². The second-order valence-electron chi connectivity index (χ2n) is 2.73. The molecule has 0 heterocycles. The Kier molecular flexibility index (Phi) is 2.56. The highest BCUT2D eigenvalue weighted by atomic mass is 19.4. The summed E-state index contributed by atoms with van der Waals surface area (Å²) in [6, 6.07) is -0.719. The molecule has 1 fully saturated rings. The minimum absolute atomic E-state index is 0.215. The van der Waals surface area contributed by atoms with Crippen LogP contribution in [0.5, 0.6) is 0 Å². The highest BCUT2D eigenvalue weighted by Crippen LogP contribution is 2.23. The molecule has 1 saturated carbocycles. The van der Waals surface area contributed by atoms with Crippen LogP contribution in [0.2, 0.25) is 0 Å². The maximum atomic E-state index is 11.8. The lowest BCUT2D eigenvalue weighted by molar-refractivity contribution is -0.200. The van der Waals surface area contributed by atoms with Crippen LogP contribution in [-0.4, -0.2) is 22.6 Å². The van der Waals surface area contributed by atoms with Crippen LogP contribution >= 0.6 is 0 Å². The number of halogens is 2. The smallest absolute Gasteiger partial charge is 0.0755 e. The molecule has 60 valence electrons. The molecule has 0 radical (unpaired) electrons. The van der Waals surface area contributed by atoms with Gasteiger partial charge in [0.15, 0.2) is 0 Å². The van der Waals surface area contributed by atoms with Crippen molar-refractivity contribution >= 4 is 0 Å². The maximum Gasteiger partial charge on any atom is 0.0755 e. The SMILES string of the molecule is OC1CCCC(N(F)F)C1. The first-order valence-corrected chi connectivity index (χ1v) is 3.49. The number of aliphatic hydroxyl groups excluding tert-OH is 1. The average Bonchev–Trinajstić information content (AvgIpc) is 1.88. The standard InChI is InChI=1S/C6H11F2NO/c7-9(8)5-2-1-3-6(10)4-5/h5-6,10H,1-4H2. The quantitative estimate of drug-likeness (QED) is 0.572. The second-order valence-corrected chi connectivity index (χ2v) is 2.73. The number of nitrogens with zero attached hydrogens (tertiary/aromatic N) is 1. The van der Waals surface area contributed by atoms with Gasteiger partial charge in [0.25, 0.3) is 0 Å². The van der Waals surface area contributed by atoms with Gasteiger partial charge in [-0.15, -0.1) is 8.96 Å². The van der Waals surface area contributed by atoms with Crippen LogP contribution in [0.15, 0.2) is 0 Å². The first-order valence-electron chi connectivity index (χ1n) is 3.49. The lowest BCUT2D eigenvalue weighted by Gasteiger charge is -2.24. The molecule has 0 aromatic heterocycles. The molecule has 2 atom stereocenters. The number of aliphatic hydroxyl groups is 1. The third kappa shape index (κ3) is 1.88. The summed E-state index contributed by atoms with van der Waals surface area (Å²) in [5.74, 6) is 0. The molecular weight excluding hydrogens is 140 g/mol. The summed E-state index contributed by atoms with van der Waals surface area (Å²) in [4.78, 5) is 0. The second kappa shape index (κ2) is 3.25. The summed E-state index contributed by atoms with van der Waals surface area (Å²) in [5, 5.41) is 8.18. The van der Waals surface area contributed by atoms with E-state index in [1.165, 1.54) is 0 Å². The molecular formula is C6H11F2NO.